The molecular formula is C17H27NO3. The van der Waals surface area contributed by atoms with Gasteiger partial charge in [0.1, 0.15) is 5.75 Å². The number of nitrogens with one attached hydrogen (secondary N) is 1. The lowest BCUT2D eigenvalue weighted by molar-refractivity contribution is -0.121. The predicted molar refractivity (Wildman–Crippen MR) is 84.8 cm³/mol. The molecule has 0 radical (unpaired) electrons. The lowest BCUT2D eigenvalue weighted by atomic mass is 9.87. The molecule has 118 valence electrons. The lowest BCUT2D eigenvalue weighted by Gasteiger charge is -2.19. The Morgan fingerprint density at radius 2 is 1.81 bits per heavy atom. The second kappa shape index (κ2) is 8.67. The molecule has 0 atom stereocenters. The summed E-state index contributed by atoms with van der Waals surface area (Å²) in [6.45, 7) is 8.21. The summed E-state index contributed by atoms with van der Waals surface area (Å²) in [5, 5.41) is 2.79. The van der Waals surface area contributed by atoms with Gasteiger partial charge >= 0.3 is 0 Å². The highest BCUT2D eigenvalue weighted by Gasteiger charge is 2.12. The molecule has 0 fully saturated rings. The van der Waals surface area contributed by atoms with Gasteiger partial charge in [-0.3, -0.25) is 4.79 Å². The average Bonchev–Trinajstić information content (AvgIpc) is 2.43. The van der Waals surface area contributed by atoms with Gasteiger partial charge in [-0.2, -0.15) is 0 Å². The molecule has 0 unspecified atom stereocenters. The van der Waals surface area contributed by atoms with Gasteiger partial charge in [-0.15, -0.1) is 0 Å². The summed E-state index contributed by atoms with van der Waals surface area (Å²) >= 11 is 0. The van der Waals surface area contributed by atoms with E-state index in [0.717, 1.165) is 5.75 Å². The smallest absolute Gasteiger partial charge is 0.220 e. The Labute approximate surface area is 127 Å². The molecule has 1 aromatic carbocycles. The van der Waals surface area contributed by atoms with Crippen molar-refractivity contribution in [1.82, 2.24) is 5.32 Å². The maximum Gasteiger partial charge on any atom is 0.220 e. The van der Waals surface area contributed by atoms with E-state index in [9.17, 15) is 4.79 Å². The summed E-state index contributed by atoms with van der Waals surface area (Å²) in [5.41, 5.74) is 1.44. The molecule has 4 nitrogen and oxygen atoms in total. The molecule has 0 saturated carbocycles. The van der Waals surface area contributed by atoms with Gasteiger partial charge in [0.2, 0.25) is 5.91 Å². The third-order valence-corrected chi connectivity index (χ3v) is 3.17. The second-order valence-electron chi connectivity index (χ2n) is 6.07. The van der Waals surface area contributed by atoms with Gasteiger partial charge in [-0.05, 0) is 29.5 Å². The molecule has 0 bridgehead atoms. The zero-order chi connectivity index (χ0) is 15.7. The quantitative estimate of drug-likeness (QED) is 0.750. The third kappa shape index (κ3) is 7.14. The Morgan fingerprint density at radius 3 is 2.38 bits per heavy atom. The molecule has 0 aliphatic carbocycles. The van der Waals surface area contributed by atoms with Crippen LogP contribution < -0.4 is 10.1 Å². The summed E-state index contributed by atoms with van der Waals surface area (Å²) in [7, 11) is 1.62. The lowest BCUT2D eigenvalue weighted by Crippen LogP contribution is -2.26. The Morgan fingerprint density at radius 1 is 1.14 bits per heavy atom. The standard InChI is InChI=1S/C17H27NO3/c1-17(2,3)14-7-9-15(10-8-14)21-12-5-6-16(19)18-11-13-20-4/h7-10H,5-6,11-13H2,1-4H3,(H,18,19). The zero-order valence-electron chi connectivity index (χ0n) is 13.6. The van der Waals surface area contributed by atoms with Crippen molar-refractivity contribution < 1.29 is 14.3 Å². The van der Waals surface area contributed by atoms with Gasteiger partial charge in [0.15, 0.2) is 0 Å². The first kappa shape index (κ1) is 17.5. The average molecular weight is 293 g/mol. The van der Waals surface area contributed by atoms with Gasteiger partial charge in [0.05, 0.1) is 13.2 Å². The van der Waals surface area contributed by atoms with Gasteiger partial charge < -0.3 is 14.8 Å². The summed E-state index contributed by atoms with van der Waals surface area (Å²) < 4.78 is 10.5. The first-order chi connectivity index (χ1) is 9.93. The van der Waals surface area contributed by atoms with E-state index in [2.05, 4.69) is 38.2 Å². The molecule has 0 spiro atoms. The predicted octanol–water partition coefficient (Wildman–Crippen LogP) is 2.91. The number of carbonyl (C=O) groups is 1. The molecule has 1 amide bonds. The summed E-state index contributed by atoms with van der Waals surface area (Å²) in [5.74, 6) is 0.890. The van der Waals surface area contributed by atoms with Crippen LogP contribution in [0.5, 0.6) is 5.75 Å². The highest BCUT2D eigenvalue weighted by molar-refractivity contribution is 5.75. The summed E-state index contributed by atoms with van der Waals surface area (Å²) in [4.78, 5) is 11.5. The fourth-order valence-electron chi connectivity index (χ4n) is 1.85. The van der Waals surface area contributed by atoms with E-state index in [0.29, 0.717) is 32.6 Å². The summed E-state index contributed by atoms with van der Waals surface area (Å²) in [6, 6.07) is 8.15. The van der Waals surface area contributed by atoms with Crippen LogP contribution in [0.1, 0.15) is 39.2 Å². The minimum Gasteiger partial charge on any atom is -0.494 e. The SMILES string of the molecule is COCCNC(=O)CCCOc1ccc(C(C)(C)C)cc1. The van der Waals surface area contributed by atoms with Crippen LogP contribution in [0.25, 0.3) is 0 Å². The van der Waals surface area contributed by atoms with E-state index in [1.807, 2.05) is 12.1 Å². The zero-order valence-corrected chi connectivity index (χ0v) is 13.6. The number of ether oxygens (including phenoxy) is 2. The van der Waals surface area contributed by atoms with Crippen LogP contribution in [-0.4, -0.2) is 32.8 Å². The van der Waals surface area contributed by atoms with Gasteiger partial charge in [0, 0.05) is 20.1 Å². The van der Waals surface area contributed by atoms with Crippen LogP contribution in [0.3, 0.4) is 0 Å². The molecule has 0 saturated heterocycles. The van der Waals surface area contributed by atoms with Crippen molar-refractivity contribution in [3.05, 3.63) is 29.8 Å². The van der Waals surface area contributed by atoms with Gasteiger partial charge in [-0.1, -0.05) is 32.9 Å². The van der Waals surface area contributed by atoms with Crippen LogP contribution in [0.4, 0.5) is 0 Å². The van der Waals surface area contributed by atoms with E-state index < -0.39 is 0 Å². The van der Waals surface area contributed by atoms with Gasteiger partial charge in [0.25, 0.3) is 0 Å². The van der Waals surface area contributed by atoms with Crippen molar-refractivity contribution in [3.8, 4) is 5.75 Å². The minimum atomic E-state index is 0.0405. The molecule has 1 N–H and O–H groups in total. The van der Waals surface area contributed by atoms with Crippen LogP contribution in [0.15, 0.2) is 24.3 Å². The van der Waals surface area contributed by atoms with E-state index in [1.165, 1.54) is 5.56 Å². The molecule has 4 heteroatoms. The molecular weight excluding hydrogens is 266 g/mol. The minimum absolute atomic E-state index is 0.0405. The Hall–Kier alpha value is -1.55. The summed E-state index contributed by atoms with van der Waals surface area (Å²) in [6.07, 6.45) is 1.18. The topological polar surface area (TPSA) is 47.6 Å². The Bertz CT molecular complexity index is 421. The number of rotatable bonds is 8. The van der Waals surface area contributed by atoms with Crippen LogP contribution >= 0.6 is 0 Å². The van der Waals surface area contributed by atoms with Crippen molar-refractivity contribution in [2.24, 2.45) is 0 Å². The highest BCUT2D eigenvalue weighted by atomic mass is 16.5. The molecule has 0 aliphatic rings. The molecule has 21 heavy (non-hydrogen) atoms. The second-order valence-corrected chi connectivity index (χ2v) is 6.07. The Balaban J connectivity index is 2.22. The van der Waals surface area contributed by atoms with Gasteiger partial charge in [-0.25, -0.2) is 0 Å². The molecule has 1 rings (SSSR count). The number of carbonyl (C=O) groups excluding carboxylic acids is 1. The number of benzene rings is 1. The number of hydrogen-bond donors (Lipinski definition) is 1. The largest absolute Gasteiger partial charge is 0.494 e. The van der Waals surface area contributed by atoms with E-state index in [-0.39, 0.29) is 11.3 Å². The number of hydrogen-bond acceptors (Lipinski definition) is 3. The molecule has 1 aromatic rings. The van der Waals surface area contributed by atoms with Crippen molar-refractivity contribution in [1.29, 1.82) is 0 Å². The van der Waals surface area contributed by atoms with Crippen molar-refractivity contribution in [2.75, 3.05) is 26.9 Å². The molecule has 0 aliphatic heterocycles. The van der Waals surface area contributed by atoms with Crippen LogP contribution in [0.2, 0.25) is 0 Å². The monoisotopic (exact) mass is 293 g/mol. The van der Waals surface area contributed by atoms with E-state index in [1.54, 1.807) is 7.11 Å². The molecule has 0 heterocycles. The first-order valence-corrected chi connectivity index (χ1v) is 7.42. The van der Waals surface area contributed by atoms with Crippen LogP contribution in [0, 0.1) is 0 Å². The first-order valence-electron chi connectivity index (χ1n) is 7.42. The highest BCUT2D eigenvalue weighted by Crippen LogP contribution is 2.24. The fourth-order valence-corrected chi connectivity index (χ4v) is 1.85. The number of amides is 1. The maximum atomic E-state index is 11.5. The normalized spacial score (nSPS) is 11.2. The van der Waals surface area contributed by atoms with Crippen molar-refractivity contribution in [2.45, 2.75) is 39.0 Å². The van der Waals surface area contributed by atoms with E-state index in [4.69, 9.17) is 9.47 Å². The number of methoxy groups -OCH3 is 1. The van der Waals surface area contributed by atoms with E-state index >= 15 is 0 Å². The Kier molecular flexibility index (Phi) is 7.23. The third-order valence-electron chi connectivity index (χ3n) is 3.17. The fraction of sp³-hybridized carbons (Fsp3) is 0.588. The van der Waals surface area contributed by atoms with Crippen LogP contribution in [-0.2, 0) is 14.9 Å². The van der Waals surface area contributed by atoms with Crippen molar-refractivity contribution in [3.63, 3.8) is 0 Å². The molecule has 0 aromatic heterocycles. The van der Waals surface area contributed by atoms with Crippen molar-refractivity contribution >= 4 is 5.91 Å². The maximum absolute atomic E-state index is 11.5.